The second-order valence-electron chi connectivity index (χ2n) is 8.35. The zero-order valence-electron chi connectivity index (χ0n) is 17.5. The highest BCUT2D eigenvalue weighted by Crippen LogP contribution is 2.30. The van der Waals surface area contributed by atoms with Crippen molar-refractivity contribution in [2.24, 2.45) is 0 Å². The van der Waals surface area contributed by atoms with Gasteiger partial charge in [-0.1, -0.05) is 23.7 Å². The van der Waals surface area contributed by atoms with Gasteiger partial charge in [0.2, 0.25) is 0 Å². The van der Waals surface area contributed by atoms with E-state index in [1.807, 2.05) is 48.7 Å². The fraction of sp³-hybridized carbons (Fsp3) is 0.500. The number of hydrogen-bond donors (Lipinski definition) is 0. The van der Waals surface area contributed by atoms with Gasteiger partial charge < -0.3 is 9.47 Å². The maximum atomic E-state index is 13.0. The van der Waals surface area contributed by atoms with Crippen molar-refractivity contribution in [1.29, 1.82) is 0 Å². The molecule has 0 aliphatic carbocycles. The predicted octanol–water partition coefficient (Wildman–Crippen LogP) is 3.12. The normalized spacial score (nSPS) is 21.8. The van der Waals surface area contributed by atoms with E-state index in [1.54, 1.807) is 0 Å². The number of aryl methyl sites for hydroxylation is 1. The Morgan fingerprint density at radius 2 is 1.83 bits per heavy atom. The van der Waals surface area contributed by atoms with Crippen molar-refractivity contribution in [2.45, 2.75) is 26.3 Å². The molecule has 2 fully saturated rings. The number of piperazine rings is 1. The molecule has 0 amide bonds. The quantitative estimate of drug-likeness (QED) is 0.656. The topological polar surface area (TPSA) is 62.6 Å². The number of anilines is 1. The summed E-state index contributed by atoms with van der Waals surface area (Å²) in [6.45, 7) is 7.53. The minimum atomic E-state index is -2.97. The van der Waals surface area contributed by atoms with Crippen LogP contribution in [-0.2, 0) is 9.84 Å². The Morgan fingerprint density at radius 3 is 2.47 bits per heavy atom. The number of sulfone groups is 1. The molecule has 2 aliphatic heterocycles. The molecule has 162 valence electrons. The number of Topliss-reactive ketones (excluding diaryl/α,β-unsaturated/α-hetero) is 1. The van der Waals surface area contributed by atoms with Crippen molar-refractivity contribution in [3.63, 3.8) is 0 Å². The van der Waals surface area contributed by atoms with Gasteiger partial charge in [0, 0.05) is 49.2 Å². The van der Waals surface area contributed by atoms with E-state index in [0.29, 0.717) is 18.5 Å². The van der Waals surface area contributed by atoms with Crippen LogP contribution in [0.3, 0.4) is 0 Å². The third-order valence-corrected chi connectivity index (χ3v) is 8.36. The molecule has 2 aromatic rings. The van der Waals surface area contributed by atoms with Crippen LogP contribution < -0.4 is 4.90 Å². The highest BCUT2D eigenvalue weighted by molar-refractivity contribution is 7.91. The summed E-state index contributed by atoms with van der Waals surface area (Å²) in [5.74, 6) is 0.496. The number of ketones is 1. The number of carbonyl (C=O) groups is 1. The molecule has 2 saturated heterocycles. The maximum Gasteiger partial charge on any atom is 0.178 e. The van der Waals surface area contributed by atoms with Gasteiger partial charge in [-0.05, 0) is 38.5 Å². The van der Waals surface area contributed by atoms with Crippen molar-refractivity contribution in [1.82, 2.24) is 9.47 Å². The molecule has 2 aliphatic rings. The Hall–Kier alpha value is -1.83. The maximum absolute atomic E-state index is 13.0. The van der Waals surface area contributed by atoms with Crippen LogP contribution in [0.1, 0.15) is 34.2 Å². The minimum absolute atomic E-state index is 0.0595. The highest BCUT2D eigenvalue weighted by Gasteiger charge is 2.32. The van der Waals surface area contributed by atoms with E-state index >= 15 is 0 Å². The number of benzene rings is 1. The molecule has 0 radical (unpaired) electrons. The van der Waals surface area contributed by atoms with Crippen molar-refractivity contribution in [2.75, 3.05) is 49.1 Å². The smallest absolute Gasteiger partial charge is 0.178 e. The van der Waals surface area contributed by atoms with Crippen LogP contribution in [0.4, 0.5) is 5.69 Å². The molecule has 0 bridgehead atoms. The van der Waals surface area contributed by atoms with Crippen LogP contribution >= 0.6 is 11.6 Å². The fourth-order valence-corrected chi connectivity index (χ4v) is 6.70. The molecule has 1 atom stereocenters. The Balaban J connectivity index is 1.41. The second kappa shape index (κ2) is 8.36. The number of rotatable bonds is 5. The van der Waals surface area contributed by atoms with Gasteiger partial charge in [-0.3, -0.25) is 9.69 Å². The SMILES string of the molecule is Cc1cc(C(=O)CN2CCN(c3ccccc3Cl)CC2)c(C)n1[C@@H]1CCS(=O)(=O)C1. The Morgan fingerprint density at radius 1 is 1.13 bits per heavy atom. The van der Waals surface area contributed by atoms with Crippen LogP contribution in [0.25, 0.3) is 0 Å². The zero-order valence-corrected chi connectivity index (χ0v) is 19.0. The van der Waals surface area contributed by atoms with Crippen molar-refractivity contribution < 1.29 is 13.2 Å². The lowest BCUT2D eigenvalue weighted by molar-refractivity contribution is 0.0925. The first-order valence-electron chi connectivity index (χ1n) is 10.4. The number of hydrogen-bond acceptors (Lipinski definition) is 5. The van der Waals surface area contributed by atoms with Gasteiger partial charge in [-0.15, -0.1) is 0 Å². The summed E-state index contributed by atoms with van der Waals surface area (Å²) in [6, 6.07) is 9.71. The summed E-state index contributed by atoms with van der Waals surface area (Å²) >= 11 is 6.31. The van der Waals surface area contributed by atoms with Crippen LogP contribution in [0, 0.1) is 13.8 Å². The monoisotopic (exact) mass is 449 g/mol. The van der Waals surface area contributed by atoms with E-state index < -0.39 is 9.84 Å². The largest absolute Gasteiger partial charge is 0.368 e. The third kappa shape index (κ3) is 4.29. The first kappa shape index (κ1) is 21.4. The number of aromatic nitrogens is 1. The molecule has 8 heteroatoms. The van der Waals surface area contributed by atoms with E-state index in [2.05, 4.69) is 9.80 Å². The fourth-order valence-electron chi connectivity index (χ4n) is 4.74. The molecule has 0 unspecified atom stereocenters. The van der Waals surface area contributed by atoms with Crippen LogP contribution in [0.2, 0.25) is 5.02 Å². The van der Waals surface area contributed by atoms with E-state index in [0.717, 1.165) is 48.3 Å². The van der Waals surface area contributed by atoms with Crippen molar-refractivity contribution >= 4 is 32.9 Å². The second-order valence-corrected chi connectivity index (χ2v) is 11.0. The number of halogens is 1. The van der Waals surface area contributed by atoms with Crippen LogP contribution in [-0.4, -0.2) is 67.9 Å². The molecule has 0 saturated carbocycles. The molecule has 0 spiro atoms. The molecular weight excluding hydrogens is 422 g/mol. The zero-order chi connectivity index (χ0) is 21.5. The molecule has 4 rings (SSSR count). The van der Waals surface area contributed by atoms with E-state index in [4.69, 9.17) is 11.6 Å². The number of nitrogens with zero attached hydrogens (tertiary/aromatic N) is 3. The predicted molar refractivity (Wildman–Crippen MR) is 121 cm³/mol. The van der Waals surface area contributed by atoms with E-state index in [9.17, 15) is 13.2 Å². The van der Waals surface area contributed by atoms with Gasteiger partial charge in [0.15, 0.2) is 15.6 Å². The Labute approximate surface area is 183 Å². The third-order valence-electron chi connectivity index (χ3n) is 6.29. The standard InChI is InChI=1S/C22H28ClN3O3S/c1-16-13-19(17(2)26(16)18-7-12-30(28,29)15-18)22(27)14-24-8-10-25(11-9-24)21-6-4-3-5-20(21)23/h3-6,13,18H,7-12,14-15H2,1-2H3/t18-/m1/s1. The molecule has 1 aromatic heterocycles. The van der Waals surface area contributed by atoms with Crippen molar-refractivity contribution in [3.05, 3.63) is 52.3 Å². The summed E-state index contributed by atoms with van der Waals surface area (Å²) in [6.07, 6.45) is 0.621. The van der Waals surface area contributed by atoms with Gasteiger partial charge in [0.05, 0.1) is 28.8 Å². The van der Waals surface area contributed by atoms with Crippen molar-refractivity contribution in [3.8, 4) is 0 Å². The lowest BCUT2D eigenvalue weighted by atomic mass is 10.1. The molecular formula is C22H28ClN3O3S. The number of carbonyl (C=O) groups excluding carboxylic acids is 1. The first-order valence-corrected chi connectivity index (χ1v) is 12.6. The van der Waals surface area contributed by atoms with Crippen LogP contribution in [0.5, 0.6) is 0 Å². The molecule has 0 N–H and O–H groups in total. The van der Waals surface area contributed by atoms with Crippen LogP contribution in [0.15, 0.2) is 30.3 Å². The average molecular weight is 450 g/mol. The molecule has 30 heavy (non-hydrogen) atoms. The van der Waals surface area contributed by atoms with Gasteiger partial charge in [0.25, 0.3) is 0 Å². The Bertz CT molecular complexity index is 1060. The van der Waals surface area contributed by atoms with E-state index in [1.165, 1.54) is 0 Å². The van der Waals surface area contributed by atoms with Gasteiger partial charge in [-0.25, -0.2) is 8.42 Å². The first-order chi connectivity index (χ1) is 14.2. The van der Waals surface area contributed by atoms with Gasteiger partial charge >= 0.3 is 0 Å². The minimum Gasteiger partial charge on any atom is -0.368 e. The summed E-state index contributed by atoms with van der Waals surface area (Å²) in [7, 11) is -2.97. The van der Waals surface area contributed by atoms with Gasteiger partial charge in [0.1, 0.15) is 0 Å². The summed E-state index contributed by atoms with van der Waals surface area (Å²) in [4.78, 5) is 17.5. The average Bonchev–Trinajstić information content (AvgIpc) is 3.20. The van der Waals surface area contributed by atoms with Gasteiger partial charge in [-0.2, -0.15) is 0 Å². The molecule has 1 aromatic carbocycles. The lowest BCUT2D eigenvalue weighted by Crippen LogP contribution is -2.48. The highest BCUT2D eigenvalue weighted by atomic mass is 35.5. The summed E-state index contributed by atoms with van der Waals surface area (Å²) in [5, 5.41) is 0.753. The number of para-hydroxylation sites is 1. The summed E-state index contributed by atoms with van der Waals surface area (Å²) < 4.78 is 25.8. The summed E-state index contributed by atoms with van der Waals surface area (Å²) in [5.41, 5.74) is 3.60. The lowest BCUT2D eigenvalue weighted by Gasteiger charge is -2.36. The Kier molecular flexibility index (Phi) is 5.97. The van der Waals surface area contributed by atoms with E-state index in [-0.39, 0.29) is 23.3 Å². The molecule has 6 nitrogen and oxygen atoms in total. The molecule has 3 heterocycles.